The molecular formula is C42H46S. The Morgan fingerprint density at radius 1 is 0.744 bits per heavy atom. The Bertz CT molecular complexity index is 1520. The van der Waals surface area contributed by atoms with Crippen LogP contribution in [0, 0.1) is 41.4 Å². The molecule has 0 spiro atoms. The van der Waals surface area contributed by atoms with Crippen LogP contribution in [0.2, 0.25) is 0 Å². The van der Waals surface area contributed by atoms with E-state index in [1.54, 1.807) is 32.7 Å². The second-order valence-corrected chi connectivity index (χ2v) is 15.9. The van der Waals surface area contributed by atoms with Crippen molar-refractivity contribution >= 4 is 11.8 Å². The Morgan fingerprint density at radius 3 is 2.65 bits per heavy atom. The average Bonchev–Trinajstić information content (AvgIpc) is 3.46. The fourth-order valence-electron chi connectivity index (χ4n) is 11.2. The van der Waals surface area contributed by atoms with Crippen molar-refractivity contribution in [3.63, 3.8) is 0 Å². The summed E-state index contributed by atoms with van der Waals surface area (Å²) in [6.45, 7) is 0. The van der Waals surface area contributed by atoms with Crippen LogP contribution < -0.4 is 0 Å². The third-order valence-electron chi connectivity index (χ3n) is 12.8. The molecule has 0 nitrogen and oxygen atoms in total. The van der Waals surface area contributed by atoms with E-state index < -0.39 is 0 Å². The molecule has 0 aromatic heterocycles. The van der Waals surface area contributed by atoms with E-state index in [0.29, 0.717) is 34.8 Å². The van der Waals surface area contributed by atoms with Gasteiger partial charge in [-0.1, -0.05) is 96.7 Å². The number of fused-ring (bicyclic) bond motifs is 5. The zero-order valence-corrected chi connectivity index (χ0v) is 26.3. The molecule has 0 bridgehead atoms. The van der Waals surface area contributed by atoms with Gasteiger partial charge in [0.1, 0.15) is 0 Å². The molecule has 7 aliphatic carbocycles. The first-order valence-corrected chi connectivity index (χ1v) is 18.5. The predicted molar refractivity (Wildman–Crippen MR) is 182 cm³/mol. The molecule has 1 heterocycles. The molecular weight excluding hydrogens is 537 g/mol. The van der Waals surface area contributed by atoms with Crippen LogP contribution in [0.5, 0.6) is 0 Å². The maximum atomic E-state index is 2.84. The smallest absolute Gasteiger partial charge is 0.0381 e. The Balaban J connectivity index is 1.10. The largest absolute Gasteiger partial charge is 0.117 e. The van der Waals surface area contributed by atoms with Gasteiger partial charge in [-0.2, -0.15) is 0 Å². The van der Waals surface area contributed by atoms with Gasteiger partial charge in [-0.25, -0.2) is 0 Å². The first kappa shape index (κ1) is 26.9. The van der Waals surface area contributed by atoms with Crippen LogP contribution in [0.4, 0.5) is 0 Å². The normalized spacial score (nSPS) is 40.4. The highest BCUT2D eigenvalue weighted by Gasteiger charge is 2.53. The van der Waals surface area contributed by atoms with E-state index >= 15 is 0 Å². The molecule has 1 aromatic carbocycles. The quantitative estimate of drug-likeness (QED) is 0.319. The van der Waals surface area contributed by atoms with Crippen molar-refractivity contribution in [3.05, 3.63) is 125 Å². The maximum Gasteiger partial charge on any atom is 0.0381 e. The van der Waals surface area contributed by atoms with Gasteiger partial charge in [0.25, 0.3) is 0 Å². The van der Waals surface area contributed by atoms with Gasteiger partial charge in [0.2, 0.25) is 0 Å². The Hall–Kier alpha value is -2.51. The molecule has 1 aliphatic heterocycles. The molecule has 8 aliphatic rings. The fraction of sp³-hybridized carbons (Fsp3) is 0.476. The number of thioether (sulfide) groups is 1. The van der Waals surface area contributed by atoms with Crippen LogP contribution in [-0.2, 0) is 0 Å². The number of rotatable bonds is 3. The van der Waals surface area contributed by atoms with Gasteiger partial charge in [-0.15, -0.1) is 11.8 Å². The Labute approximate surface area is 263 Å². The minimum atomic E-state index is 0.542. The molecule has 1 heteroatoms. The highest BCUT2D eigenvalue weighted by Crippen LogP contribution is 2.62. The predicted octanol–water partition coefficient (Wildman–Crippen LogP) is 11.2. The summed E-state index contributed by atoms with van der Waals surface area (Å²) in [5, 5.41) is 0.574. The summed E-state index contributed by atoms with van der Waals surface area (Å²) in [6, 6.07) is 7.36. The van der Waals surface area contributed by atoms with Gasteiger partial charge < -0.3 is 0 Å². The number of hydrogen-bond donors (Lipinski definition) is 0. The van der Waals surface area contributed by atoms with Crippen LogP contribution >= 0.6 is 11.8 Å². The lowest BCUT2D eigenvalue weighted by atomic mass is 9.48. The van der Waals surface area contributed by atoms with Crippen molar-refractivity contribution in [2.24, 2.45) is 41.4 Å². The SMILES string of the molecule is C1=CC2Sc3cccc(C4C5C=CCCC5C(C5C=C(C6CCCC7=C6CCC=C7)C=CC5)C5CC=CCC54)c3C2C=C1. The van der Waals surface area contributed by atoms with Crippen LogP contribution in [0.25, 0.3) is 0 Å². The lowest BCUT2D eigenvalue weighted by Gasteiger charge is -2.56. The molecule has 10 atom stereocenters. The maximum absolute atomic E-state index is 2.84. The summed E-state index contributed by atoms with van der Waals surface area (Å²) in [4.78, 5) is 1.55. The summed E-state index contributed by atoms with van der Waals surface area (Å²) in [6.07, 6.45) is 45.7. The molecule has 0 saturated heterocycles. The van der Waals surface area contributed by atoms with Gasteiger partial charge in [-0.3, -0.25) is 0 Å². The highest BCUT2D eigenvalue weighted by atomic mass is 32.2. The Morgan fingerprint density at radius 2 is 1.67 bits per heavy atom. The fourth-order valence-corrected chi connectivity index (χ4v) is 12.5. The molecule has 0 N–H and O–H groups in total. The van der Waals surface area contributed by atoms with E-state index in [4.69, 9.17) is 0 Å². The van der Waals surface area contributed by atoms with Crippen LogP contribution in [0.1, 0.15) is 87.2 Å². The molecule has 0 radical (unpaired) electrons. The van der Waals surface area contributed by atoms with E-state index in [0.717, 1.165) is 23.7 Å². The van der Waals surface area contributed by atoms with E-state index in [1.165, 1.54) is 64.2 Å². The number of allylic oxidation sites excluding steroid dienone is 15. The highest BCUT2D eigenvalue weighted by molar-refractivity contribution is 8.00. The number of benzene rings is 1. The summed E-state index contributed by atoms with van der Waals surface area (Å²) in [5.74, 6) is 6.33. The van der Waals surface area contributed by atoms with E-state index in [9.17, 15) is 0 Å². The first-order valence-electron chi connectivity index (χ1n) is 17.6. The van der Waals surface area contributed by atoms with Gasteiger partial charge in [-0.05, 0) is 134 Å². The molecule has 10 unspecified atom stereocenters. The summed E-state index contributed by atoms with van der Waals surface area (Å²) in [5.41, 5.74) is 8.51. The van der Waals surface area contributed by atoms with Crippen LogP contribution in [0.3, 0.4) is 0 Å². The summed E-state index contributed by atoms with van der Waals surface area (Å²) < 4.78 is 0. The first-order chi connectivity index (χ1) is 21.3. The zero-order valence-electron chi connectivity index (χ0n) is 25.5. The molecule has 1 aromatic rings. The monoisotopic (exact) mass is 582 g/mol. The average molecular weight is 583 g/mol. The molecule has 9 rings (SSSR count). The van der Waals surface area contributed by atoms with Gasteiger partial charge in [0, 0.05) is 22.0 Å². The van der Waals surface area contributed by atoms with Crippen molar-refractivity contribution in [1.29, 1.82) is 0 Å². The summed E-state index contributed by atoms with van der Waals surface area (Å²) in [7, 11) is 0. The van der Waals surface area contributed by atoms with E-state index in [-0.39, 0.29) is 0 Å². The lowest BCUT2D eigenvalue weighted by molar-refractivity contribution is -0.000459. The molecule has 43 heavy (non-hydrogen) atoms. The van der Waals surface area contributed by atoms with Crippen molar-refractivity contribution in [2.75, 3.05) is 0 Å². The van der Waals surface area contributed by atoms with Crippen molar-refractivity contribution < 1.29 is 0 Å². The minimum absolute atomic E-state index is 0.542. The van der Waals surface area contributed by atoms with E-state index in [1.807, 2.05) is 0 Å². The summed E-state index contributed by atoms with van der Waals surface area (Å²) >= 11 is 2.11. The number of hydrogen-bond acceptors (Lipinski definition) is 1. The Kier molecular flexibility index (Phi) is 6.95. The topological polar surface area (TPSA) is 0 Å². The molecule has 1 saturated carbocycles. The van der Waals surface area contributed by atoms with Crippen molar-refractivity contribution in [2.45, 2.75) is 86.2 Å². The zero-order chi connectivity index (χ0) is 28.3. The van der Waals surface area contributed by atoms with Crippen LogP contribution in [0.15, 0.2) is 119 Å². The van der Waals surface area contributed by atoms with Gasteiger partial charge >= 0.3 is 0 Å². The molecule has 220 valence electrons. The van der Waals surface area contributed by atoms with E-state index in [2.05, 4.69) is 109 Å². The molecule has 0 amide bonds. The lowest BCUT2D eigenvalue weighted by Crippen LogP contribution is -2.48. The van der Waals surface area contributed by atoms with Crippen molar-refractivity contribution in [1.82, 2.24) is 0 Å². The standard InChI is InChI=1S/C42H46S/c1-2-16-30-27(12-1)13-10-22-31(30)28-14-9-15-29(26-28)40-32-17-3-5-19-34(32)41(35-20-6-4-18-33(35)40)37-23-11-25-39-42(37)36-21-7-8-24-38(36)43-39/h1,3,5-9,11-12,14,20-21,23-26,29,31-36,38,40-41H,2,4,10,13,15-19,22H2. The third-order valence-corrected chi connectivity index (χ3v) is 14.1. The van der Waals surface area contributed by atoms with Gasteiger partial charge in [0.05, 0.1) is 0 Å². The minimum Gasteiger partial charge on any atom is -0.117 e. The van der Waals surface area contributed by atoms with Gasteiger partial charge in [0.15, 0.2) is 0 Å². The molecule has 1 fully saturated rings. The second kappa shape index (κ2) is 11.1. The van der Waals surface area contributed by atoms with Crippen LogP contribution in [-0.4, -0.2) is 5.25 Å². The van der Waals surface area contributed by atoms with Crippen molar-refractivity contribution in [3.8, 4) is 0 Å². The second-order valence-electron chi connectivity index (χ2n) is 14.7. The third kappa shape index (κ3) is 4.47.